The van der Waals surface area contributed by atoms with Crippen molar-refractivity contribution in [3.05, 3.63) is 69.0 Å². The molecular formula is C20H25Cl2N3O. The molecule has 0 aliphatic heterocycles. The minimum absolute atomic E-state index is 0.418. The van der Waals surface area contributed by atoms with Crippen LogP contribution < -0.4 is 10.6 Å². The first-order valence-corrected chi connectivity index (χ1v) is 9.47. The molecule has 0 saturated carbocycles. The number of benzene rings is 1. The lowest BCUT2D eigenvalue weighted by Crippen LogP contribution is -2.16. The zero-order valence-corrected chi connectivity index (χ0v) is 16.7. The molecule has 26 heavy (non-hydrogen) atoms. The molecule has 0 aliphatic carbocycles. The number of anilines is 1. The Balaban J connectivity index is 1.89. The van der Waals surface area contributed by atoms with Gasteiger partial charge in [-0.25, -0.2) is 4.98 Å². The van der Waals surface area contributed by atoms with Crippen molar-refractivity contribution in [1.29, 1.82) is 0 Å². The van der Waals surface area contributed by atoms with E-state index < -0.39 is 0 Å². The number of allylic oxidation sites excluding steroid dienone is 1. The van der Waals surface area contributed by atoms with Crippen LogP contribution in [0.5, 0.6) is 0 Å². The van der Waals surface area contributed by atoms with Gasteiger partial charge in [0.2, 0.25) is 0 Å². The third-order valence-electron chi connectivity index (χ3n) is 3.94. The molecule has 3 N–H and O–H groups in total. The number of aliphatic hydroxyl groups is 1. The van der Waals surface area contributed by atoms with Crippen LogP contribution >= 0.6 is 23.2 Å². The Morgan fingerprint density at radius 1 is 1.19 bits per heavy atom. The summed E-state index contributed by atoms with van der Waals surface area (Å²) in [5.41, 5.74) is 3.16. The topological polar surface area (TPSA) is 57.2 Å². The second-order valence-electron chi connectivity index (χ2n) is 6.13. The summed E-state index contributed by atoms with van der Waals surface area (Å²) in [7, 11) is 0. The largest absolute Gasteiger partial charge is 0.513 e. The van der Waals surface area contributed by atoms with E-state index in [1.165, 1.54) is 0 Å². The lowest BCUT2D eigenvalue weighted by Gasteiger charge is -2.11. The summed E-state index contributed by atoms with van der Waals surface area (Å²) in [5, 5.41) is 17.6. The second kappa shape index (κ2) is 10.4. The smallest absolute Gasteiger partial charge is 0.126 e. The number of aromatic nitrogens is 1. The summed E-state index contributed by atoms with van der Waals surface area (Å²) in [6.07, 6.45) is 4.92. The quantitative estimate of drug-likeness (QED) is 0.381. The maximum atomic E-state index is 9.63. The van der Waals surface area contributed by atoms with Gasteiger partial charge in [0.05, 0.1) is 10.8 Å². The Labute approximate surface area is 165 Å². The molecule has 1 aromatic heterocycles. The Bertz CT molecular complexity index is 763. The van der Waals surface area contributed by atoms with Crippen molar-refractivity contribution in [2.45, 2.75) is 39.8 Å². The molecule has 4 nitrogen and oxygen atoms in total. The van der Waals surface area contributed by atoms with Gasteiger partial charge in [-0.3, -0.25) is 0 Å². The molecule has 140 valence electrons. The van der Waals surface area contributed by atoms with Crippen LogP contribution in [0.25, 0.3) is 0 Å². The number of aliphatic hydroxyl groups excluding tert-OH is 1. The van der Waals surface area contributed by atoms with Crippen LogP contribution in [-0.2, 0) is 13.1 Å². The van der Waals surface area contributed by atoms with Crippen LogP contribution in [0.2, 0.25) is 10.0 Å². The van der Waals surface area contributed by atoms with Crippen molar-refractivity contribution in [2.75, 3.05) is 11.9 Å². The van der Waals surface area contributed by atoms with Crippen LogP contribution in [-0.4, -0.2) is 16.6 Å². The molecule has 0 bridgehead atoms. The van der Waals surface area contributed by atoms with Gasteiger partial charge >= 0.3 is 0 Å². The highest BCUT2D eigenvalue weighted by atomic mass is 35.5. The monoisotopic (exact) mass is 393 g/mol. The van der Waals surface area contributed by atoms with Gasteiger partial charge in [-0.15, -0.1) is 0 Å². The SMILES string of the molecule is CC/C=C(/O)CCNCc1cc(NCc2ccc(Cl)c(C)c2)ncc1Cl. The van der Waals surface area contributed by atoms with Crippen LogP contribution in [0.15, 0.2) is 42.3 Å². The van der Waals surface area contributed by atoms with Crippen LogP contribution in [0.4, 0.5) is 5.82 Å². The molecule has 0 radical (unpaired) electrons. The first-order valence-electron chi connectivity index (χ1n) is 8.71. The lowest BCUT2D eigenvalue weighted by atomic mass is 10.1. The number of aryl methyl sites for hydroxylation is 1. The number of nitrogens with one attached hydrogen (secondary N) is 2. The Morgan fingerprint density at radius 3 is 2.73 bits per heavy atom. The van der Waals surface area contributed by atoms with Gasteiger partial charge in [0, 0.05) is 37.3 Å². The van der Waals surface area contributed by atoms with Crippen molar-refractivity contribution in [1.82, 2.24) is 10.3 Å². The van der Waals surface area contributed by atoms with E-state index in [-0.39, 0.29) is 0 Å². The minimum Gasteiger partial charge on any atom is -0.513 e. The average molecular weight is 394 g/mol. The van der Waals surface area contributed by atoms with Gasteiger partial charge in [-0.1, -0.05) is 42.3 Å². The fraction of sp³-hybridized carbons (Fsp3) is 0.350. The van der Waals surface area contributed by atoms with E-state index in [1.807, 2.05) is 38.1 Å². The van der Waals surface area contributed by atoms with Gasteiger partial charge in [0.15, 0.2) is 0 Å². The van der Waals surface area contributed by atoms with E-state index in [0.29, 0.717) is 36.8 Å². The maximum Gasteiger partial charge on any atom is 0.126 e. The molecule has 0 unspecified atom stereocenters. The van der Waals surface area contributed by atoms with Crippen molar-refractivity contribution in [3.63, 3.8) is 0 Å². The van der Waals surface area contributed by atoms with Crippen LogP contribution in [0.1, 0.15) is 36.5 Å². The average Bonchev–Trinajstić information content (AvgIpc) is 2.62. The number of nitrogens with zero attached hydrogens (tertiary/aromatic N) is 1. The normalized spacial score (nSPS) is 11.6. The van der Waals surface area contributed by atoms with E-state index in [4.69, 9.17) is 23.2 Å². The first kappa shape index (κ1) is 20.6. The molecule has 0 fully saturated rings. The summed E-state index contributed by atoms with van der Waals surface area (Å²) in [6.45, 7) is 5.96. The van der Waals surface area contributed by atoms with E-state index in [9.17, 15) is 5.11 Å². The predicted octanol–water partition coefficient (Wildman–Crippen LogP) is 5.64. The Morgan fingerprint density at radius 2 is 2.00 bits per heavy atom. The molecule has 0 saturated heterocycles. The molecule has 6 heteroatoms. The van der Waals surface area contributed by atoms with Crippen molar-refractivity contribution < 1.29 is 5.11 Å². The number of rotatable bonds is 9. The summed E-state index contributed by atoms with van der Waals surface area (Å²) in [6, 6.07) is 7.90. The summed E-state index contributed by atoms with van der Waals surface area (Å²) in [4.78, 5) is 4.33. The van der Waals surface area contributed by atoms with Gasteiger partial charge < -0.3 is 15.7 Å². The summed E-state index contributed by atoms with van der Waals surface area (Å²) in [5.74, 6) is 1.19. The Hall–Kier alpha value is -1.75. The third kappa shape index (κ3) is 6.52. The molecular weight excluding hydrogens is 369 g/mol. The second-order valence-corrected chi connectivity index (χ2v) is 6.94. The fourth-order valence-electron chi connectivity index (χ4n) is 2.50. The highest BCUT2D eigenvalue weighted by Crippen LogP contribution is 2.20. The summed E-state index contributed by atoms with van der Waals surface area (Å²) < 4.78 is 0. The number of pyridine rings is 1. The van der Waals surface area contributed by atoms with Gasteiger partial charge in [0.25, 0.3) is 0 Å². The number of halogens is 2. The van der Waals surface area contributed by atoms with Crippen molar-refractivity contribution >= 4 is 29.0 Å². The molecule has 0 aliphatic rings. The van der Waals surface area contributed by atoms with E-state index in [2.05, 4.69) is 21.7 Å². The molecule has 2 rings (SSSR count). The van der Waals surface area contributed by atoms with Gasteiger partial charge in [-0.05, 0) is 48.2 Å². The standard InChI is InChI=1S/C20H25Cl2N3O/c1-3-4-17(26)7-8-23-12-16-10-20(25-13-19(16)22)24-11-15-5-6-18(21)14(2)9-15/h4-6,9-10,13,23,26H,3,7-8,11-12H2,1-2H3,(H,24,25)/b17-4+. The fourth-order valence-corrected chi connectivity index (χ4v) is 2.79. The molecule has 1 heterocycles. The van der Waals surface area contributed by atoms with E-state index >= 15 is 0 Å². The highest BCUT2D eigenvalue weighted by molar-refractivity contribution is 6.31. The van der Waals surface area contributed by atoms with Crippen LogP contribution in [0.3, 0.4) is 0 Å². The number of hydrogen-bond donors (Lipinski definition) is 3. The zero-order valence-electron chi connectivity index (χ0n) is 15.1. The molecule has 0 spiro atoms. The van der Waals surface area contributed by atoms with E-state index in [1.54, 1.807) is 6.20 Å². The minimum atomic E-state index is 0.418. The molecule has 0 amide bonds. The van der Waals surface area contributed by atoms with Crippen molar-refractivity contribution in [3.8, 4) is 0 Å². The zero-order chi connectivity index (χ0) is 18.9. The van der Waals surface area contributed by atoms with E-state index in [0.717, 1.165) is 34.0 Å². The third-order valence-corrected chi connectivity index (χ3v) is 4.71. The van der Waals surface area contributed by atoms with Crippen molar-refractivity contribution in [2.24, 2.45) is 0 Å². The first-order chi connectivity index (χ1) is 12.5. The number of hydrogen-bond acceptors (Lipinski definition) is 4. The van der Waals surface area contributed by atoms with Gasteiger partial charge in [-0.2, -0.15) is 0 Å². The molecule has 1 aromatic carbocycles. The predicted molar refractivity (Wildman–Crippen MR) is 110 cm³/mol. The molecule has 0 atom stereocenters. The Kier molecular flexibility index (Phi) is 8.23. The van der Waals surface area contributed by atoms with Crippen LogP contribution in [0, 0.1) is 6.92 Å². The maximum absolute atomic E-state index is 9.63. The summed E-state index contributed by atoms with van der Waals surface area (Å²) >= 11 is 12.3. The lowest BCUT2D eigenvalue weighted by molar-refractivity contribution is 0.381. The molecule has 2 aromatic rings. The van der Waals surface area contributed by atoms with Gasteiger partial charge in [0.1, 0.15) is 5.82 Å². The highest BCUT2D eigenvalue weighted by Gasteiger charge is 2.05.